The Bertz CT molecular complexity index is 377. The summed E-state index contributed by atoms with van der Waals surface area (Å²) in [5.74, 6) is 0. The van der Waals surface area contributed by atoms with Gasteiger partial charge in [0.25, 0.3) is 0 Å². The molecule has 3 heteroatoms. The van der Waals surface area contributed by atoms with Gasteiger partial charge < -0.3 is 0 Å². The van der Waals surface area contributed by atoms with Gasteiger partial charge in [0.05, 0.1) is 0 Å². The van der Waals surface area contributed by atoms with E-state index in [1.54, 1.807) is 0 Å². The van der Waals surface area contributed by atoms with Crippen LogP contribution in [0.2, 0.25) is 0 Å². The van der Waals surface area contributed by atoms with E-state index in [9.17, 15) is 4.79 Å². The highest BCUT2D eigenvalue weighted by Crippen LogP contribution is 2.35. The van der Waals surface area contributed by atoms with E-state index in [4.69, 9.17) is 0 Å². The number of rotatable bonds is 1. The second-order valence-electron chi connectivity index (χ2n) is 4.89. The van der Waals surface area contributed by atoms with E-state index in [0.29, 0.717) is 11.1 Å². The van der Waals surface area contributed by atoms with Gasteiger partial charge in [0.15, 0.2) is 6.29 Å². The molecule has 0 saturated heterocycles. The zero-order valence-electron chi connectivity index (χ0n) is 9.00. The first-order valence-electron chi connectivity index (χ1n) is 5.03. The second kappa shape index (κ2) is 2.94. The van der Waals surface area contributed by atoms with Crippen LogP contribution < -0.4 is 0 Å². The Hall–Kier alpha value is -1.12. The van der Waals surface area contributed by atoms with Crippen LogP contribution in [0.25, 0.3) is 0 Å². The summed E-state index contributed by atoms with van der Waals surface area (Å²) in [6.45, 7) is 4.50. The van der Waals surface area contributed by atoms with Gasteiger partial charge in [0, 0.05) is 18.3 Å². The number of aryl methyl sites for hydroxylation is 1. The Morgan fingerprint density at radius 1 is 1.50 bits per heavy atom. The van der Waals surface area contributed by atoms with Crippen molar-refractivity contribution in [3.05, 3.63) is 17.0 Å². The summed E-state index contributed by atoms with van der Waals surface area (Å²) >= 11 is 0. The van der Waals surface area contributed by atoms with Crippen molar-refractivity contribution in [1.29, 1.82) is 0 Å². The lowest BCUT2D eigenvalue weighted by atomic mass is 9.76. The third kappa shape index (κ3) is 1.37. The predicted molar refractivity (Wildman–Crippen MR) is 54.4 cm³/mol. The first-order valence-corrected chi connectivity index (χ1v) is 5.03. The first-order chi connectivity index (χ1) is 6.53. The number of aldehydes is 1. The van der Waals surface area contributed by atoms with E-state index < -0.39 is 0 Å². The number of carbonyl (C=O) groups is 1. The summed E-state index contributed by atoms with van der Waals surface area (Å²) in [5.41, 5.74) is 3.36. The lowest BCUT2D eigenvalue weighted by Crippen LogP contribution is -2.23. The molecule has 0 N–H and O–H groups in total. The summed E-state index contributed by atoms with van der Waals surface area (Å²) < 4.78 is 1.86. The maximum Gasteiger partial charge on any atom is 0.170 e. The Kier molecular flexibility index (Phi) is 1.98. The Morgan fingerprint density at radius 2 is 2.21 bits per heavy atom. The zero-order chi connectivity index (χ0) is 10.3. The molecular formula is C11H16N2O. The lowest BCUT2D eigenvalue weighted by Gasteiger charge is -2.29. The number of nitrogens with zero attached hydrogens (tertiary/aromatic N) is 2. The third-order valence-corrected chi connectivity index (χ3v) is 3.11. The fraction of sp³-hybridized carbons (Fsp3) is 0.636. The van der Waals surface area contributed by atoms with E-state index >= 15 is 0 Å². The molecule has 0 amide bonds. The van der Waals surface area contributed by atoms with Crippen LogP contribution in [0.5, 0.6) is 0 Å². The average molecular weight is 192 g/mol. The molecule has 0 unspecified atom stereocenters. The van der Waals surface area contributed by atoms with Gasteiger partial charge in [-0.2, -0.15) is 5.10 Å². The molecule has 14 heavy (non-hydrogen) atoms. The quantitative estimate of drug-likeness (QED) is 0.635. The van der Waals surface area contributed by atoms with Crippen molar-refractivity contribution in [1.82, 2.24) is 9.78 Å². The molecule has 0 atom stereocenters. The number of carbonyl (C=O) groups excluding carboxylic acids is 1. The van der Waals surface area contributed by atoms with Crippen molar-refractivity contribution in [2.45, 2.75) is 33.1 Å². The fourth-order valence-electron chi connectivity index (χ4n) is 2.25. The highest BCUT2D eigenvalue weighted by Gasteiger charge is 2.29. The standard InChI is InChI=1S/C11H16N2O/c1-11(2)5-4-10-8(6-11)9(7-14)12-13(10)3/h7H,4-6H2,1-3H3. The van der Waals surface area contributed by atoms with Crippen molar-refractivity contribution in [3.63, 3.8) is 0 Å². The van der Waals surface area contributed by atoms with Gasteiger partial charge in [-0.1, -0.05) is 13.8 Å². The van der Waals surface area contributed by atoms with Crippen molar-refractivity contribution in [2.24, 2.45) is 12.5 Å². The number of aromatic nitrogens is 2. The molecule has 2 rings (SSSR count). The highest BCUT2D eigenvalue weighted by atomic mass is 16.1. The molecule has 1 aliphatic carbocycles. The average Bonchev–Trinajstić information content (AvgIpc) is 2.40. The summed E-state index contributed by atoms with van der Waals surface area (Å²) in [5, 5.41) is 4.22. The molecule has 0 spiro atoms. The smallest absolute Gasteiger partial charge is 0.170 e. The van der Waals surface area contributed by atoms with Crippen molar-refractivity contribution in [2.75, 3.05) is 0 Å². The molecule has 0 bridgehead atoms. The molecule has 0 aromatic carbocycles. The molecule has 1 aromatic heterocycles. The van der Waals surface area contributed by atoms with Gasteiger partial charge >= 0.3 is 0 Å². The summed E-state index contributed by atoms with van der Waals surface area (Å²) in [6, 6.07) is 0. The minimum Gasteiger partial charge on any atom is -0.296 e. The number of hydrogen-bond acceptors (Lipinski definition) is 2. The molecule has 1 aromatic rings. The molecule has 0 fully saturated rings. The molecule has 3 nitrogen and oxygen atoms in total. The summed E-state index contributed by atoms with van der Waals surface area (Å²) in [7, 11) is 1.92. The van der Waals surface area contributed by atoms with Crippen LogP contribution in [0.3, 0.4) is 0 Å². The zero-order valence-corrected chi connectivity index (χ0v) is 9.00. The van der Waals surface area contributed by atoms with Gasteiger partial charge in [0.2, 0.25) is 0 Å². The Labute approximate surface area is 84.1 Å². The van der Waals surface area contributed by atoms with E-state index in [1.807, 2.05) is 11.7 Å². The molecule has 0 aliphatic heterocycles. The maximum atomic E-state index is 10.8. The van der Waals surface area contributed by atoms with Gasteiger partial charge in [-0.15, -0.1) is 0 Å². The van der Waals surface area contributed by atoms with E-state index in [-0.39, 0.29) is 0 Å². The van der Waals surface area contributed by atoms with Gasteiger partial charge in [-0.3, -0.25) is 9.48 Å². The topological polar surface area (TPSA) is 34.9 Å². The van der Waals surface area contributed by atoms with E-state index in [0.717, 1.165) is 19.1 Å². The minimum atomic E-state index is 0.313. The van der Waals surface area contributed by atoms with Crippen LogP contribution >= 0.6 is 0 Å². The van der Waals surface area contributed by atoms with Crippen LogP contribution in [0.1, 0.15) is 42.0 Å². The van der Waals surface area contributed by atoms with Crippen LogP contribution in [-0.2, 0) is 19.9 Å². The van der Waals surface area contributed by atoms with Gasteiger partial charge in [-0.25, -0.2) is 0 Å². The molecular weight excluding hydrogens is 176 g/mol. The number of fused-ring (bicyclic) bond motifs is 1. The molecule has 1 heterocycles. The van der Waals surface area contributed by atoms with Crippen LogP contribution in [0, 0.1) is 5.41 Å². The van der Waals surface area contributed by atoms with Crippen molar-refractivity contribution < 1.29 is 4.79 Å². The number of hydrogen-bond donors (Lipinski definition) is 0. The van der Waals surface area contributed by atoms with Crippen molar-refractivity contribution in [3.8, 4) is 0 Å². The molecule has 76 valence electrons. The van der Waals surface area contributed by atoms with Crippen LogP contribution in [0.15, 0.2) is 0 Å². The monoisotopic (exact) mass is 192 g/mol. The predicted octanol–water partition coefficient (Wildman–Crippen LogP) is 1.75. The fourth-order valence-corrected chi connectivity index (χ4v) is 2.25. The normalized spacial score (nSPS) is 19.1. The second-order valence-corrected chi connectivity index (χ2v) is 4.89. The maximum absolute atomic E-state index is 10.8. The van der Waals surface area contributed by atoms with Crippen LogP contribution in [-0.4, -0.2) is 16.1 Å². The minimum absolute atomic E-state index is 0.313. The third-order valence-electron chi connectivity index (χ3n) is 3.11. The molecule has 0 saturated carbocycles. The van der Waals surface area contributed by atoms with Gasteiger partial charge in [0.1, 0.15) is 5.69 Å². The lowest BCUT2D eigenvalue weighted by molar-refractivity contribution is 0.111. The highest BCUT2D eigenvalue weighted by molar-refractivity contribution is 5.75. The largest absolute Gasteiger partial charge is 0.296 e. The van der Waals surface area contributed by atoms with Crippen molar-refractivity contribution >= 4 is 6.29 Å². The Balaban J connectivity index is 2.49. The molecule has 1 aliphatic rings. The van der Waals surface area contributed by atoms with E-state index in [1.165, 1.54) is 17.7 Å². The Morgan fingerprint density at radius 3 is 2.86 bits per heavy atom. The van der Waals surface area contributed by atoms with Gasteiger partial charge in [-0.05, 0) is 24.7 Å². The summed E-state index contributed by atoms with van der Waals surface area (Å²) in [4.78, 5) is 10.8. The SMILES string of the molecule is Cn1nc(C=O)c2c1CCC(C)(C)C2. The van der Waals surface area contributed by atoms with E-state index in [2.05, 4.69) is 18.9 Å². The first kappa shape index (κ1) is 9.44. The molecule has 0 radical (unpaired) electrons. The summed E-state index contributed by atoms with van der Waals surface area (Å²) in [6.07, 6.45) is 4.07. The van der Waals surface area contributed by atoms with Crippen LogP contribution in [0.4, 0.5) is 0 Å².